The summed E-state index contributed by atoms with van der Waals surface area (Å²) in [6, 6.07) is 0. The lowest BCUT2D eigenvalue weighted by Crippen LogP contribution is -2.00. The number of halogens is 1. The van der Waals surface area contributed by atoms with Crippen molar-refractivity contribution < 1.29 is 9.53 Å². The van der Waals surface area contributed by atoms with E-state index in [4.69, 9.17) is 4.74 Å². The molecule has 0 unspecified atom stereocenters. The summed E-state index contributed by atoms with van der Waals surface area (Å²) in [6.07, 6.45) is 0. The van der Waals surface area contributed by atoms with E-state index in [0.29, 0.717) is 5.75 Å². The van der Waals surface area contributed by atoms with Crippen LogP contribution in [0, 0.1) is 0 Å². The van der Waals surface area contributed by atoms with Gasteiger partial charge in [0.2, 0.25) is 0 Å². The first-order valence-electron chi connectivity index (χ1n) is 2.60. The number of rotatable bonds is 1. The molecule has 1 aromatic rings. The fourth-order valence-electron chi connectivity index (χ4n) is 0.498. The van der Waals surface area contributed by atoms with Crippen molar-refractivity contribution in [1.82, 2.24) is 0 Å². The van der Waals surface area contributed by atoms with E-state index in [1.54, 1.807) is 5.38 Å². The molecule has 4 heteroatoms. The number of carbonyl (C=O) groups excluding carboxylic acids is 1. The molecule has 0 N–H and O–H groups in total. The van der Waals surface area contributed by atoms with Crippen LogP contribution >= 0.6 is 27.3 Å². The quantitative estimate of drug-likeness (QED) is 0.680. The second kappa shape index (κ2) is 3.16. The Morgan fingerprint density at radius 1 is 1.70 bits per heavy atom. The highest BCUT2D eigenvalue weighted by Gasteiger charge is 2.02. The zero-order valence-corrected chi connectivity index (χ0v) is 7.66. The molecule has 0 radical (unpaired) electrons. The fraction of sp³-hybridized carbons (Fsp3) is 0.167. The Kier molecular flexibility index (Phi) is 2.45. The second-order valence-electron chi connectivity index (χ2n) is 1.68. The molecule has 0 bridgehead atoms. The maximum Gasteiger partial charge on any atom is 0.308 e. The fourth-order valence-corrected chi connectivity index (χ4v) is 1.77. The minimum atomic E-state index is -0.292. The summed E-state index contributed by atoms with van der Waals surface area (Å²) in [7, 11) is 0. The third-order valence-electron chi connectivity index (χ3n) is 0.836. The second-order valence-corrected chi connectivity index (χ2v) is 3.28. The van der Waals surface area contributed by atoms with Crippen molar-refractivity contribution >= 4 is 33.2 Å². The predicted octanol–water partition coefficient (Wildman–Crippen LogP) is 2.44. The summed E-state index contributed by atoms with van der Waals surface area (Å²) in [5, 5.41) is 3.63. The van der Waals surface area contributed by atoms with Crippen molar-refractivity contribution in [1.29, 1.82) is 0 Å². The highest BCUT2D eigenvalue weighted by molar-refractivity contribution is 9.10. The predicted molar refractivity (Wildman–Crippen MR) is 43.3 cm³/mol. The van der Waals surface area contributed by atoms with Crippen LogP contribution in [0.25, 0.3) is 0 Å². The third kappa shape index (κ3) is 1.82. The molecule has 1 heterocycles. The van der Waals surface area contributed by atoms with E-state index in [9.17, 15) is 4.79 Å². The maximum atomic E-state index is 10.4. The molecule has 0 saturated heterocycles. The number of hydrogen-bond acceptors (Lipinski definition) is 3. The Hall–Kier alpha value is -0.350. The Balaban J connectivity index is 2.74. The van der Waals surface area contributed by atoms with Gasteiger partial charge in [-0.25, -0.2) is 0 Å². The molecule has 0 atom stereocenters. The summed E-state index contributed by atoms with van der Waals surface area (Å²) in [6.45, 7) is 1.38. The third-order valence-corrected chi connectivity index (χ3v) is 2.48. The van der Waals surface area contributed by atoms with Crippen LogP contribution in [-0.2, 0) is 4.79 Å². The van der Waals surface area contributed by atoms with E-state index in [-0.39, 0.29) is 5.97 Å². The van der Waals surface area contributed by atoms with Crippen LogP contribution in [0.3, 0.4) is 0 Å². The van der Waals surface area contributed by atoms with Crippen molar-refractivity contribution in [2.45, 2.75) is 6.92 Å². The van der Waals surface area contributed by atoms with Gasteiger partial charge in [-0.2, -0.15) is 0 Å². The molecular formula is C6H5BrO2S. The zero-order chi connectivity index (χ0) is 7.56. The number of ether oxygens (including phenoxy) is 1. The van der Waals surface area contributed by atoms with E-state index in [0.717, 1.165) is 4.47 Å². The van der Waals surface area contributed by atoms with Gasteiger partial charge in [-0.05, 0) is 15.9 Å². The SMILES string of the molecule is CC(=O)Oc1cscc1Br. The van der Waals surface area contributed by atoms with Crippen molar-refractivity contribution in [3.05, 3.63) is 15.2 Å². The number of carbonyl (C=O) groups is 1. The highest BCUT2D eigenvalue weighted by atomic mass is 79.9. The molecule has 0 aliphatic heterocycles. The molecule has 0 saturated carbocycles. The molecule has 0 aromatic carbocycles. The van der Waals surface area contributed by atoms with Crippen LogP contribution in [0.5, 0.6) is 5.75 Å². The average Bonchev–Trinajstić information content (AvgIpc) is 2.15. The summed E-state index contributed by atoms with van der Waals surface area (Å²) in [4.78, 5) is 10.4. The van der Waals surface area contributed by atoms with Gasteiger partial charge in [0.05, 0.1) is 4.47 Å². The maximum absolute atomic E-state index is 10.4. The Labute approximate surface area is 70.9 Å². The zero-order valence-electron chi connectivity index (χ0n) is 5.26. The van der Waals surface area contributed by atoms with Gasteiger partial charge in [0.15, 0.2) is 5.75 Å². The lowest BCUT2D eigenvalue weighted by atomic mass is 10.6. The number of hydrogen-bond donors (Lipinski definition) is 0. The van der Waals surface area contributed by atoms with Crippen LogP contribution in [0.2, 0.25) is 0 Å². The largest absolute Gasteiger partial charge is 0.425 e. The lowest BCUT2D eigenvalue weighted by molar-refractivity contribution is -0.131. The molecule has 1 rings (SSSR count). The van der Waals surface area contributed by atoms with Crippen LogP contribution in [-0.4, -0.2) is 5.97 Å². The first kappa shape index (κ1) is 7.75. The summed E-state index contributed by atoms with van der Waals surface area (Å²) < 4.78 is 5.64. The van der Waals surface area contributed by atoms with E-state index in [2.05, 4.69) is 15.9 Å². The Bertz CT molecular complexity index is 244. The van der Waals surface area contributed by atoms with Crippen molar-refractivity contribution in [2.24, 2.45) is 0 Å². The molecule has 0 aliphatic rings. The Morgan fingerprint density at radius 3 is 2.80 bits per heavy atom. The number of esters is 1. The molecular weight excluding hydrogens is 216 g/mol. The van der Waals surface area contributed by atoms with Gasteiger partial charge in [0.25, 0.3) is 0 Å². The van der Waals surface area contributed by atoms with E-state index >= 15 is 0 Å². The normalized spacial score (nSPS) is 9.40. The number of thiophene rings is 1. The molecule has 10 heavy (non-hydrogen) atoms. The first-order valence-corrected chi connectivity index (χ1v) is 4.34. The smallest absolute Gasteiger partial charge is 0.308 e. The van der Waals surface area contributed by atoms with Gasteiger partial charge in [0, 0.05) is 17.7 Å². The molecule has 1 aromatic heterocycles. The van der Waals surface area contributed by atoms with Crippen molar-refractivity contribution in [3.8, 4) is 5.75 Å². The van der Waals surface area contributed by atoms with Crippen molar-refractivity contribution in [3.63, 3.8) is 0 Å². The van der Waals surface area contributed by atoms with Gasteiger partial charge < -0.3 is 4.74 Å². The summed E-state index contributed by atoms with van der Waals surface area (Å²) in [5.74, 6) is 0.302. The van der Waals surface area contributed by atoms with E-state index < -0.39 is 0 Å². The van der Waals surface area contributed by atoms with Crippen LogP contribution < -0.4 is 4.74 Å². The van der Waals surface area contributed by atoms with E-state index in [1.807, 2.05) is 5.38 Å². The van der Waals surface area contributed by atoms with Crippen LogP contribution in [0.1, 0.15) is 6.92 Å². The van der Waals surface area contributed by atoms with Gasteiger partial charge in [-0.3, -0.25) is 4.79 Å². The Morgan fingerprint density at radius 2 is 2.40 bits per heavy atom. The van der Waals surface area contributed by atoms with Gasteiger partial charge in [-0.1, -0.05) is 0 Å². The minimum Gasteiger partial charge on any atom is -0.425 e. The standard InChI is InChI=1S/C6H5BrO2S/c1-4(8)9-6-3-10-2-5(6)7/h2-3H,1H3. The minimum absolute atomic E-state index is 0.292. The average molecular weight is 221 g/mol. The topological polar surface area (TPSA) is 26.3 Å². The molecule has 54 valence electrons. The molecule has 0 amide bonds. The first-order chi connectivity index (χ1) is 4.70. The van der Waals surface area contributed by atoms with Crippen LogP contribution in [0.4, 0.5) is 0 Å². The highest BCUT2D eigenvalue weighted by Crippen LogP contribution is 2.28. The molecule has 0 aliphatic carbocycles. The van der Waals surface area contributed by atoms with Crippen molar-refractivity contribution in [2.75, 3.05) is 0 Å². The molecule has 0 fully saturated rings. The van der Waals surface area contributed by atoms with Gasteiger partial charge in [-0.15, -0.1) is 11.3 Å². The van der Waals surface area contributed by atoms with Gasteiger partial charge in [0.1, 0.15) is 0 Å². The lowest BCUT2D eigenvalue weighted by Gasteiger charge is -1.95. The monoisotopic (exact) mass is 220 g/mol. The summed E-state index contributed by atoms with van der Waals surface area (Å²) in [5.41, 5.74) is 0. The summed E-state index contributed by atoms with van der Waals surface area (Å²) >= 11 is 4.71. The van der Waals surface area contributed by atoms with Crippen LogP contribution in [0.15, 0.2) is 15.2 Å². The van der Waals surface area contributed by atoms with E-state index in [1.165, 1.54) is 18.3 Å². The molecule has 0 spiro atoms. The van der Waals surface area contributed by atoms with Gasteiger partial charge >= 0.3 is 5.97 Å². The molecule has 2 nitrogen and oxygen atoms in total.